The van der Waals surface area contributed by atoms with Crippen LogP contribution in [0.2, 0.25) is 0 Å². The Kier molecular flexibility index (Phi) is 5.91. The number of carbonyl (C=O) groups is 3. The molecule has 2 aliphatic heterocycles. The fourth-order valence-corrected chi connectivity index (χ4v) is 5.49. The van der Waals surface area contributed by atoms with Crippen molar-refractivity contribution in [3.05, 3.63) is 42.5 Å². The van der Waals surface area contributed by atoms with Crippen LogP contribution in [0.15, 0.2) is 47.4 Å². The molecule has 1 N–H and O–H groups in total. The molecule has 0 aromatic heterocycles. The SMILES string of the molecule is CC(C)C1NC(=O)N(CC(=O)N2CCN(S(=O)(=O)c3ccc4ccccc4c3)CC2)C1=O. The summed E-state index contributed by atoms with van der Waals surface area (Å²) in [6.45, 7) is 4.00. The highest BCUT2D eigenvalue weighted by Gasteiger charge is 2.41. The van der Waals surface area contributed by atoms with Gasteiger partial charge in [-0.15, -0.1) is 0 Å². The molecular weight excluding hydrogens is 432 g/mol. The Morgan fingerprint density at radius 3 is 2.31 bits per heavy atom. The number of nitrogens with zero attached hydrogens (tertiary/aromatic N) is 3. The Balaban J connectivity index is 1.39. The topological polar surface area (TPSA) is 107 Å². The van der Waals surface area contributed by atoms with E-state index in [4.69, 9.17) is 0 Å². The van der Waals surface area contributed by atoms with Gasteiger partial charge < -0.3 is 10.2 Å². The van der Waals surface area contributed by atoms with Gasteiger partial charge in [0.25, 0.3) is 5.91 Å². The molecule has 2 heterocycles. The number of fused-ring (bicyclic) bond motifs is 1. The van der Waals surface area contributed by atoms with Gasteiger partial charge in [-0.3, -0.25) is 14.5 Å². The number of urea groups is 1. The van der Waals surface area contributed by atoms with E-state index in [9.17, 15) is 22.8 Å². The van der Waals surface area contributed by atoms with Crippen LogP contribution >= 0.6 is 0 Å². The van der Waals surface area contributed by atoms with E-state index in [-0.39, 0.29) is 49.4 Å². The van der Waals surface area contributed by atoms with Crippen molar-refractivity contribution in [2.75, 3.05) is 32.7 Å². The summed E-state index contributed by atoms with van der Waals surface area (Å²) >= 11 is 0. The Morgan fingerprint density at radius 1 is 1.03 bits per heavy atom. The van der Waals surface area contributed by atoms with Crippen molar-refractivity contribution in [2.45, 2.75) is 24.8 Å². The zero-order chi connectivity index (χ0) is 23.0. The Bertz CT molecular complexity index is 1170. The lowest BCUT2D eigenvalue weighted by molar-refractivity contribution is -0.138. The van der Waals surface area contributed by atoms with Crippen LogP contribution in [-0.2, 0) is 19.6 Å². The number of hydrogen-bond acceptors (Lipinski definition) is 5. The van der Waals surface area contributed by atoms with E-state index >= 15 is 0 Å². The van der Waals surface area contributed by atoms with Gasteiger partial charge >= 0.3 is 6.03 Å². The number of piperazine rings is 1. The van der Waals surface area contributed by atoms with Crippen molar-refractivity contribution in [3.63, 3.8) is 0 Å². The number of imide groups is 1. The molecule has 2 aromatic carbocycles. The second-order valence-corrected chi connectivity index (χ2v) is 10.3. The summed E-state index contributed by atoms with van der Waals surface area (Å²) in [7, 11) is -3.69. The minimum atomic E-state index is -3.69. The van der Waals surface area contributed by atoms with Crippen LogP contribution < -0.4 is 5.32 Å². The highest BCUT2D eigenvalue weighted by Crippen LogP contribution is 2.23. The Labute approximate surface area is 187 Å². The average molecular weight is 459 g/mol. The van der Waals surface area contributed by atoms with Gasteiger partial charge in [0.15, 0.2) is 0 Å². The van der Waals surface area contributed by atoms with E-state index in [0.29, 0.717) is 0 Å². The molecule has 4 amide bonds. The lowest BCUT2D eigenvalue weighted by Crippen LogP contribution is -2.53. The summed E-state index contributed by atoms with van der Waals surface area (Å²) in [4.78, 5) is 39.8. The molecule has 32 heavy (non-hydrogen) atoms. The molecule has 170 valence electrons. The summed E-state index contributed by atoms with van der Waals surface area (Å²) in [6.07, 6.45) is 0. The van der Waals surface area contributed by atoms with Crippen molar-refractivity contribution in [2.24, 2.45) is 5.92 Å². The van der Waals surface area contributed by atoms with Crippen LogP contribution in [0.25, 0.3) is 10.8 Å². The van der Waals surface area contributed by atoms with Gasteiger partial charge in [-0.05, 0) is 28.8 Å². The fraction of sp³-hybridized carbons (Fsp3) is 0.409. The summed E-state index contributed by atoms with van der Waals surface area (Å²) in [6, 6.07) is 11.4. The zero-order valence-corrected chi connectivity index (χ0v) is 18.8. The van der Waals surface area contributed by atoms with Crippen molar-refractivity contribution < 1.29 is 22.8 Å². The number of sulfonamides is 1. The molecule has 1 atom stereocenters. The largest absolute Gasteiger partial charge is 0.338 e. The number of amides is 4. The number of benzene rings is 2. The van der Waals surface area contributed by atoms with Gasteiger partial charge in [0.2, 0.25) is 15.9 Å². The predicted molar refractivity (Wildman–Crippen MR) is 118 cm³/mol. The molecule has 0 saturated carbocycles. The molecule has 2 aromatic rings. The molecule has 2 aliphatic rings. The predicted octanol–water partition coefficient (Wildman–Crippen LogP) is 1.25. The second kappa shape index (κ2) is 8.51. The van der Waals surface area contributed by atoms with Crippen LogP contribution in [0.1, 0.15) is 13.8 Å². The van der Waals surface area contributed by atoms with E-state index in [1.807, 2.05) is 38.1 Å². The minimum Gasteiger partial charge on any atom is -0.338 e. The summed E-state index contributed by atoms with van der Waals surface area (Å²) in [5.74, 6) is -0.855. The quantitative estimate of drug-likeness (QED) is 0.679. The maximum atomic E-state index is 13.1. The van der Waals surface area contributed by atoms with Crippen molar-refractivity contribution in [1.29, 1.82) is 0 Å². The summed E-state index contributed by atoms with van der Waals surface area (Å²) in [5, 5.41) is 4.40. The summed E-state index contributed by atoms with van der Waals surface area (Å²) < 4.78 is 27.5. The average Bonchev–Trinajstić information content (AvgIpc) is 3.07. The number of carbonyl (C=O) groups excluding carboxylic acids is 3. The lowest BCUT2D eigenvalue weighted by Gasteiger charge is -2.34. The first-order chi connectivity index (χ1) is 15.2. The third-order valence-corrected chi connectivity index (χ3v) is 7.86. The van der Waals surface area contributed by atoms with Gasteiger partial charge in [0, 0.05) is 26.2 Å². The van der Waals surface area contributed by atoms with Crippen LogP contribution in [0.3, 0.4) is 0 Å². The van der Waals surface area contributed by atoms with E-state index in [1.54, 1.807) is 18.2 Å². The normalized spacial score (nSPS) is 20.3. The standard InChI is InChI=1S/C22H26N4O5S/c1-15(2)20-21(28)26(22(29)23-20)14-19(27)24-9-11-25(12-10-24)32(30,31)18-8-7-16-5-3-4-6-17(16)13-18/h3-8,13,15,20H,9-12,14H2,1-2H3,(H,23,29). The van der Waals surface area contributed by atoms with Crippen molar-refractivity contribution >= 4 is 38.6 Å². The highest BCUT2D eigenvalue weighted by atomic mass is 32.2. The molecule has 0 aliphatic carbocycles. The van der Waals surface area contributed by atoms with E-state index in [0.717, 1.165) is 15.7 Å². The highest BCUT2D eigenvalue weighted by molar-refractivity contribution is 7.89. The molecule has 1 unspecified atom stereocenters. The molecule has 10 heteroatoms. The van der Waals surface area contributed by atoms with E-state index in [2.05, 4.69) is 5.32 Å². The monoisotopic (exact) mass is 458 g/mol. The molecule has 2 saturated heterocycles. The zero-order valence-electron chi connectivity index (χ0n) is 18.0. The fourth-order valence-electron chi connectivity index (χ4n) is 4.03. The van der Waals surface area contributed by atoms with Crippen LogP contribution in [0.4, 0.5) is 4.79 Å². The Hall–Kier alpha value is -2.98. The van der Waals surface area contributed by atoms with Crippen LogP contribution in [-0.4, -0.2) is 79.1 Å². The van der Waals surface area contributed by atoms with Gasteiger partial charge in [-0.1, -0.05) is 44.2 Å². The molecule has 0 bridgehead atoms. The van der Waals surface area contributed by atoms with Gasteiger partial charge in [0.05, 0.1) is 4.90 Å². The third kappa shape index (κ3) is 4.07. The van der Waals surface area contributed by atoms with Crippen molar-refractivity contribution in [1.82, 2.24) is 19.4 Å². The second-order valence-electron chi connectivity index (χ2n) is 8.39. The van der Waals surface area contributed by atoms with Crippen LogP contribution in [0.5, 0.6) is 0 Å². The van der Waals surface area contributed by atoms with Crippen molar-refractivity contribution in [3.8, 4) is 0 Å². The summed E-state index contributed by atoms with van der Waals surface area (Å²) in [5.41, 5.74) is 0. The first-order valence-electron chi connectivity index (χ1n) is 10.6. The van der Waals surface area contributed by atoms with Gasteiger partial charge in [-0.25, -0.2) is 13.2 Å². The molecule has 2 fully saturated rings. The Morgan fingerprint density at radius 2 is 1.69 bits per heavy atom. The molecular formula is C22H26N4O5S. The molecule has 9 nitrogen and oxygen atoms in total. The van der Waals surface area contributed by atoms with Gasteiger partial charge in [0.1, 0.15) is 12.6 Å². The van der Waals surface area contributed by atoms with E-state index in [1.165, 1.54) is 9.21 Å². The van der Waals surface area contributed by atoms with Gasteiger partial charge in [-0.2, -0.15) is 4.31 Å². The molecule has 0 spiro atoms. The molecule has 0 radical (unpaired) electrons. The smallest absolute Gasteiger partial charge is 0.325 e. The third-order valence-electron chi connectivity index (χ3n) is 5.97. The lowest BCUT2D eigenvalue weighted by atomic mass is 10.1. The maximum Gasteiger partial charge on any atom is 0.325 e. The molecule has 4 rings (SSSR count). The number of hydrogen-bond donors (Lipinski definition) is 1. The van der Waals surface area contributed by atoms with E-state index < -0.39 is 28.0 Å². The number of rotatable bonds is 5. The maximum absolute atomic E-state index is 13.1. The first-order valence-corrected chi connectivity index (χ1v) is 12.0. The minimum absolute atomic E-state index is 0.0737. The number of nitrogens with one attached hydrogen (secondary N) is 1. The first kappa shape index (κ1) is 22.2. The van der Waals surface area contributed by atoms with Crippen LogP contribution in [0, 0.1) is 5.92 Å².